The zero-order valence-electron chi connectivity index (χ0n) is 12.8. The first-order valence-electron chi connectivity index (χ1n) is 7.03. The van der Waals surface area contributed by atoms with E-state index in [0.29, 0.717) is 11.3 Å². The van der Waals surface area contributed by atoms with E-state index in [1.54, 1.807) is 12.1 Å². The average Bonchev–Trinajstić information content (AvgIpc) is 2.65. The molecule has 0 atom stereocenters. The van der Waals surface area contributed by atoms with Gasteiger partial charge in [-0.15, -0.1) is 0 Å². The summed E-state index contributed by atoms with van der Waals surface area (Å²) in [6.07, 6.45) is 0.779. The molecule has 5 heteroatoms. The number of fused-ring (bicyclic) bond motifs is 1. The molecule has 0 saturated carbocycles. The molecule has 0 radical (unpaired) electrons. The highest BCUT2D eigenvalue weighted by Crippen LogP contribution is 2.31. The molecule has 0 bridgehead atoms. The van der Waals surface area contributed by atoms with Gasteiger partial charge >= 0.3 is 0 Å². The van der Waals surface area contributed by atoms with Gasteiger partial charge < -0.3 is 5.32 Å². The van der Waals surface area contributed by atoms with Crippen LogP contribution in [0.5, 0.6) is 0 Å². The second-order valence-corrected chi connectivity index (χ2v) is 5.98. The molecule has 1 heterocycles. The molecule has 1 aromatic rings. The molecule has 0 fully saturated rings. The van der Waals surface area contributed by atoms with Crippen LogP contribution in [0.2, 0.25) is 0 Å². The van der Waals surface area contributed by atoms with E-state index in [9.17, 15) is 14.4 Å². The number of rotatable bonds is 4. The molecule has 21 heavy (non-hydrogen) atoms. The molecule has 1 N–H and O–H groups in total. The Morgan fingerprint density at radius 3 is 2.57 bits per heavy atom. The molecule has 1 aliphatic rings. The predicted molar refractivity (Wildman–Crippen MR) is 80.4 cm³/mol. The first kappa shape index (κ1) is 15.2. The third-order valence-corrected chi connectivity index (χ3v) is 3.86. The van der Waals surface area contributed by atoms with E-state index in [4.69, 9.17) is 0 Å². The van der Waals surface area contributed by atoms with Gasteiger partial charge in [0.15, 0.2) is 0 Å². The number of nitrogens with zero attached hydrogens (tertiary/aromatic N) is 1. The summed E-state index contributed by atoms with van der Waals surface area (Å²) in [5.74, 6) is -1.45. The Hall–Kier alpha value is -2.17. The summed E-state index contributed by atoms with van der Waals surface area (Å²) in [5.41, 5.74) is 1.41. The van der Waals surface area contributed by atoms with Crippen LogP contribution in [0.1, 0.15) is 43.1 Å². The summed E-state index contributed by atoms with van der Waals surface area (Å²) in [6, 6.07) is 5.19. The Morgan fingerprint density at radius 2 is 1.95 bits per heavy atom. The molecule has 0 spiro atoms. The fraction of sp³-hybridized carbons (Fsp3) is 0.438. The summed E-state index contributed by atoms with van der Waals surface area (Å²) in [5, 5.41) is 2.87. The molecule has 0 saturated heterocycles. The summed E-state index contributed by atoms with van der Waals surface area (Å²) in [4.78, 5) is 37.4. The highest BCUT2D eigenvalue weighted by atomic mass is 16.2. The predicted octanol–water partition coefficient (Wildman–Crippen LogP) is 1.83. The fourth-order valence-electron chi connectivity index (χ4n) is 2.34. The van der Waals surface area contributed by atoms with Crippen LogP contribution in [0.15, 0.2) is 18.2 Å². The molecule has 0 aliphatic carbocycles. The zero-order chi connectivity index (χ0) is 15.8. The minimum Gasteiger partial charge on any atom is -0.350 e. The third kappa shape index (κ3) is 2.82. The van der Waals surface area contributed by atoms with Crippen LogP contribution in [-0.4, -0.2) is 29.7 Å². The Morgan fingerprint density at radius 1 is 1.29 bits per heavy atom. The van der Waals surface area contributed by atoms with Crippen LogP contribution in [0, 0.1) is 6.92 Å². The Labute approximate surface area is 124 Å². The van der Waals surface area contributed by atoms with E-state index in [1.807, 2.05) is 33.8 Å². The number of anilines is 1. The smallest absolute Gasteiger partial charge is 0.299 e. The minimum atomic E-state index is -0.635. The van der Waals surface area contributed by atoms with Gasteiger partial charge in [-0.1, -0.05) is 19.1 Å². The maximum absolute atomic E-state index is 12.1. The molecule has 1 aromatic carbocycles. The molecule has 0 unspecified atom stereocenters. The van der Waals surface area contributed by atoms with Gasteiger partial charge in [0, 0.05) is 5.54 Å². The van der Waals surface area contributed by atoms with Gasteiger partial charge in [-0.25, -0.2) is 0 Å². The average molecular weight is 288 g/mol. The molecule has 2 amide bonds. The number of carbonyl (C=O) groups excluding carboxylic acids is 3. The number of hydrogen-bond acceptors (Lipinski definition) is 3. The number of para-hydroxylation sites is 1. The number of nitrogens with one attached hydrogen (secondary N) is 1. The lowest BCUT2D eigenvalue weighted by atomic mass is 10.0. The zero-order valence-corrected chi connectivity index (χ0v) is 12.8. The summed E-state index contributed by atoms with van der Waals surface area (Å²) in [7, 11) is 0. The van der Waals surface area contributed by atoms with Crippen molar-refractivity contribution < 1.29 is 14.4 Å². The van der Waals surface area contributed by atoms with Gasteiger partial charge in [0.1, 0.15) is 6.54 Å². The number of benzene rings is 1. The van der Waals surface area contributed by atoms with E-state index in [2.05, 4.69) is 5.32 Å². The van der Waals surface area contributed by atoms with Gasteiger partial charge in [0.25, 0.3) is 11.7 Å². The molecule has 5 nitrogen and oxygen atoms in total. The van der Waals surface area contributed by atoms with Gasteiger partial charge in [0.05, 0.1) is 11.3 Å². The Bertz CT molecular complexity index is 620. The topological polar surface area (TPSA) is 66.5 Å². The highest BCUT2D eigenvalue weighted by molar-refractivity contribution is 6.52. The van der Waals surface area contributed by atoms with E-state index in [0.717, 1.165) is 12.0 Å². The van der Waals surface area contributed by atoms with E-state index in [-0.39, 0.29) is 18.0 Å². The van der Waals surface area contributed by atoms with E-state index >= 15 is 0 Å². The van der Waals surface area contributed by atoms with Crippen LogP contribution in [0.4, 0.5) is 5.69 Å². The van der Waals surface area contributed by atoms with Crippen LogP contribution in [0.25, 0.3) is 0 Å². The molecule has 112 valence electrons. The summed E-state index contributed by atoms with van der Waals surface area (Å²) in [6.45, 7) is 7.50. The van der Waals surface area contributed by atoms with Gasteiger partial charge in [-0.2, -0.15) is 0 Å². The van der Waals surface area contributed by atoms with E-state index in [1.165, 1.54) is 4.90 Å². The first-order valence-corrected chi connectivity index (χ1v) is 7.03. The van der Waals surface area contributed by atoms with Gasteiger partial charge in [0.2, 0.25) is 5.91 Å². The van der Waals surface area contributed by atoms with Crippen molar-refractivity contribution in [3.63, 3.8) is 0 Å². The quantitative estimate of drug-likeness (QED) is 0.860. The van der Waals surface area contributed by atoms with Crippen molar-refractivity contribution in [3.05, 3.63) is 29.3 Å². The lowest BCUT2D eigenvalue weighted by Crippen LogP contribution is -2.48. The fourth-order valence-corrected chi connectivity index (χ4v) is 2.34. The van der Waals surface area contributed by atoms with Crippen molar-refractivity contribution in [1.29, 1.82) is 0 Å². The number of hydrogen-bond donors (Lipinski definition) is 1. The highest BCUT2D eigenvalue weighted by Gasteiger charge is 2.38. The number of carbonyl (C=O) groups is 3. The van der Waals surface area contributed by atoms with Crippen LogP contribution in [-0.2, 0) is 9.59 Å². The normalized spacial score (nSPS) is 14.4. The largest absolute Gasteiger partial charge is 0.350 e. The number of aryl methyl sites for hydroxylation is 1. The number of ketones is 1. The molecular weight excluding hydrogens is 268 g/mol. The maximum Gasteiger partial charge on any atom is 0.299 e. The van der Waals surface area contributed by atoms with Crippen molar-refractivity contribution in [3.8, 4) is 0 Å². The summed E-state index contributed by atoms with van der Waals surface area (Å²) >= 11 is 0. The monoisotopic (exact) mass is 288 g/mol. The second-order valence-electron chi connectivity index (χ2n) is 5.98. The Balaban J connectivity index is 2.25. The van der Waals surface area contributed by atoms with Crippen molar-refractivity contribution in [2.45, 2.75) is 39.7 Å². The van der Waals surface area contributed by atoms with Gasteiger partial charge in [-0.05, 0) is 38.8 Å². The lowest BCUT2D eigenvalue weighted by molar-refractivity contribution is -0.123. The molecule has 1 aliphatic heterocycles. The van der Waals surface area contributed by atoms with Crippen LogP contribution >= 0.6 is 0 Å². The second kappa shape index (κ2) is 5.31. The van der Waals surface area contributed by atoms with Crippen molar-refractivity contribution in [2.75, 3.05) is 11.4 Å². The number of amides is 2. The number of Topliss-reactive ketones (excluding diaryl/α,β-unsaturated/α-hetero) is 1. The van der Waals surface area contributed by atoms with Crippen molar-refractivity contribution in [2.24, 2.45) is 0 Å². The lowest BCUT2D eigenvalue weighted by Gasteiger charge is -2.26. The molecular formula is C16H20N2O3. The SMILES string of the molecule is CCC(C)(C)NC(=O)CN1C(=O)C(=O)c2cccc(C)c21. The van der Waals surface area contributed by atoms with Gasteiger partial charge in [-0.3, -0.25) is 19.3 Å². The third-order valence-electron chi connectivity index (χ3n) is 3.86. The van der Waals surface area contributed by atoms with Crippen LogP contribution < -0.4 is 10.2 Å². The molecule has 0 aromatic heterocycles. The van der Waals surface area contributed by atoms with Crippen molar-refractivity contribution >= 4 is 23.3 Å². The minimum absolute atomic E-state index is 0.133. The van der Waals surface area contributed by atoms with Crippen molar-refractivity contribution in [1.82, 2.24) is 5.32 Å². The first-order chi connectivity index (χ1) is 9.76. The molecule has 2 rings (SSSR count). The maximum atomic E-state index is 12.1. The van der Waals surface area contributed by atoms with Crippen LogP contribution in [0.3, 0.4) is 0 Å². The Kier molecular flexibility index (Phi) is 3.85. The summed E-state index contributed by atoms with van der Waals surface area (Å²) < 4.78 is 0. The standard InChI is InChI=1S/C16H20N2O3/c1-5-16(3,4)17-12(19)9-18-13-10(2)7-6-8-11(13)14(20)15(18)21/h6-8H,5,9H2,1-4H3,(H,17,19). The van der Waals surface area contributed by atoms with E-state index < -0.39 is 11.7 Å².